The van der Waals surface area contributed by atoms with Crippen molar-refractivity contribution in [1.82, 2.24) is 0 Å². The predicted octanol–water partition coefficient (Wildman–Crippen LogP) is 4.83. The second-order valence-electron chi connectivity index (χ2n) is 9.40. The van der Waals surface area contributed by atoms with Crippen LogP contribution in [0, 0.1) is 34.5 Å². The van der Waals surface area contributed by atoms with Crippen molar-refractivity contribution in [2.24, 2.45) is 34.5 Å². The van der Waals surface area contributed by atoms with Crippen LogP contribution in [0.25, 0.3) is 0 Å². The number of esters is 1. The molecule has 0 heterocycles. The molecule has 3 aliphatic rings. The van der Waals surface area contributed by atoms with Crippen molar-refractivity contribution in [3.8, 4) is 0 Å². The minimum absolute atomic E-state index is 0.00265. The maximum Gasteiger partial charge on any atom is 0.309 e. The number of carboxylic acids is 1. The number of carboxylic acid groups (broad SMARTS) is 1. The summed E-state index contributed by atoms with van der Waals surface area (Å²) in [6, 6.07) is 0. The fourth-order valence-electron chi connectivity index (χ4n) is 6.90. The van der Waals surface area contributed by atoms with Crippen molar-refractivity contribution in [2.75, 3.05) is 0 Å². The smallest absolute Gasteiger partial charge is 0.309 e. The number of rotatable bonds is 3. The van der Waals surface area contributed by atoms with Crippen molar-refractivity contribution in [3.05, 3.63) is 11.6 Å². The molecule has 3 aliphatic carbocycles. The van der Waals surface area contributed by atoms with Gasteiger partial charge in [0.1, 0.15) is 6.10 Å². The number of fused-ring (bicyclic) bond motifs is 3. The van der Waals surface area contributed by atoms with Gasteiger partial charge in [-0.2, -0.15) is 0 Å². The summed E-state index contributed by atoms with van der Waals surface area (Å²) in [7, 11) is 0. The summed E-state index contributed by atoms with van der Waals surface area (Å²) in [5.74, 6) is 0.241. The molecule has 2 saturated carbocycles. The van der Waals surface area contributed by atoms with E-state index in [-0.39, 0.29) is 23.4 Å². The minimum atomic E-state index is -0.728. The third-order valence-electron chi connectivity index (χ3n) is 8.17. The molecule has 4 heteroatoms. The van der Waals surface area contributed by atoms with Crippen LogP contribution < -0.4 is 0 Å². The van der Waals surface area contributed by atoms with Gasteiger partial charge in [0.15, 0.2) is 0 Å². The predicted molar refractivity (Wildman–Crippen MR) is 100 cm³/mol. The number of hydrogen-bond donors (Lipinski definition) is 1. The molecule has 7 atom stereocenters. The molecule has 0 saturated heterocycles. The van der Waals surface area contributed by atoms with Crippen molar-refractivity contribution >= 4 is 11.9 Å². The zero-order valence-electron chi connectivity index (χ0n) is 16.9. The Hall–Kier alpha value is -1.32. The Labute approximate surface area is 157 Å². The largest absolute Gasteiger partial charge is 0.481 e. The summed E-state index contributed by atoms with van der Waals surface area (Å²) in [4.78, 5) is 24.1. The van der Waals surface area contributed by atoms with Crippen LogP contribution >= 0.6 is 0 Å². The fourth-order valence-corrected chi connectivity index (χ4v) is 6.90. The quantitative estimate of drug-likeness (QED) is 0.577. The van der Waals surface area contributed by atoms with E-state index in [1.54, 1.807) is 0 Å². The zero-order valence-corrected chi connectivity index (χ0v) is 16.9. The van der Waals surface area contributed by atoms with Crippen LogP contribution in [0.1, 0.15) is 73.1 Å². The Morgan fingerprint density at radius 1 is 1.31 bits per heavy atom. The maximum atomic E-state index is 12.2. The number of allylic oxidation sites excluding steroid dienone is 2. The van der Waals surface area contributed by atoms with E-state index in [0.29, 0.717) is 24.2 Å². The van der Waals surface area contributed by atoms with Gasteiger partial charge >= 0.3 is 11.9 Å². The van der Waals surface area contributed by atoms with Crippen LogP contribution in [0.2, 0.25) is 0 Å². The number of ether oxygens (including phenoxy) is 1. The van der Waals surface area contributed by atoms with Crippen molar-refractivity contribution in [1.29, 1.82) is 0 Å². The van der Waals surface area contributed by atoms with Crippen molar-refractivity contribution < 1.29 is 19.4 Å². The van der Waals surface area contributed by atoms with E-state index < -0.39 is 11.4 Å². The van der Waals surface area contributed by atoms with Gasteiger partial charge in [-0.05, 0) is 69.1 Å². The Balaban J connectivity index is 2.08. The van der Waals surface area contributed by atoms with Gasteiger partial charge in [0.05, 0.1) is 5.41 Å². The van der Waals surface area contributed by atoms with E-state index in [2.05, 4.69) is 26.8 Å². The van der Waals surface area contributed by atoms with Crippen molar-refractivity contribution in [3.63, 3.8) is 0 Å². The molecule has 4 nitrogen and oxygen atoms in total. The molecule has 0 amide bonds. The summed E-state index contributed by atoms with van der Waals surface area (Å²) < 4.78 is 5.85. The van der Waals surface area contributed by atoms with E-state index in [4.69, 9.17) is 4.74 Å². The van der Waals surface area contributed by atoms with E-state index in [1.165, 1.54) is 12.5 Å². The number of carbonyl (C=O) groups excluding carboxylic acids is 1. The highest BCUT2D eigenvalue weighted by molar-refractivity contribution is 5.75. The van der Waals surface area contributed by atoms with Gasteiger partial charge in [-0.3, -0.25) is 9.59 Å². The normalized spacial score (nSPS) is 45.1. The lowest BCUT2D eigenvalue weighted by atomic mass is 9.42. The van der Waals surface area contributed by atoms with Crippen LogP contribution in [-0.2, 0) is 14.3 Å². The molecule has 2 fully saturated rings. The first-order valence-corrected chi connectivity index (χ1v) is 10.2. The van der Waals surface area contributed by atoms with Gasteiger partial charge in [0, 0.05) is 12.8 Å². The molecule has 0 aromatic carbocycles. The molecule has 0 aromatic rings. The molecule has 0 bridgehead atoms. The second kappa shape index (κ2) is 6.69. The second-order valence-corrected chi connectivity index (χ2v) is 9.40. The monoisotopic (exact) mass is 362 g/mol. The number of aliphatic carboxylic acids is 1. The Morgan fingerprint density at radius 2 is 2.00 bits per heavy atom. The molecule has 0 aromatic heterocycles. The first kappa shape index (κ1) is 19.4. The summed E-state index contributed by atoms with van der Waals surface area (Å²) in [5.41, 5.74) is 0.677. The van der Waals surface area contributed by atoms with Gasteiger partial charge in [-0.25, -0.2) is 0 Å². The highest BCUT2D eigenvalue weighted by Gasteiger charge is 2.62. The van der Waals surface area contributed by atoms with Gasteiger partial charge in [0.2, 0.25) is 0 Å². The van der Waals surface area contributed by atoms with Crippen LogP contribution in [-0.4, -0.2) is 23.1 Å². The van der Waals surface area contributed by atoms with Gasteiger partial charge in [0.25, 0.3) is 0 Å². The highest BCUT2D eigenvalue weighted by Crippen LogP contribution is 2.65. The minimum Gasteiger partial charge on any atom is -0.481 e. The van der Waals surface area contributed by atoms with Crippen LogP contribution in [0.5, 0.6) is 0 Å². The molecular formula is C22H34O4. The van der Waals surface area contributed by atoms with Gasteiger partial charge in [-0.1, -0.05) is 31.9 Å². The number of hydrogen-bond acceptors (Lipinski definition) is 3. The molecule has 146 valence electrons. The van der Waals surface area contributed by atoms with Crippen molar-refractivity contribution in [2.45, 2.75) is 79.2 Å². The highest BCUT2D eigenvalue weighted by atomic mass is 16.5. The standard InChI is InChI=1S/C22H34O4/c1-6-15-13(2)8-9-16-19(15)17(26-14(3)23)12-18-21(16,4)10-7-11-22(18,5)20(24)25/h8,15-19H,6-7,9-12H2,1-5H3,(H,24,25). The summed E-state index contributed by atoms with van der Waals surface area (Å²) in [5, 5.41) is 10.0. The van der Waals surface area contributed by atoms with E-state index >= 15 is 0 Å². The molecule has 0 spiro atoms. The van der Waals surface area contributed by atoms with E-state index in [9.17, 15) is 14.7 Å². The zero-order chi connectivity index (χ0) is 19.3. The van der Waals surface area contributed by atoms with Crippen LogP contribution in [0.3, 0.4) is 0 Å². The molecule has 3 rings (SSSR count). The molecular weight excluding hydrogens is 328 g/mol. The van der Waals surface area contributed by atoms with Crippen LogP contribution in [0.15, 0.2) is 11.6 Å². The lowest BCUT2D eigenvalue weighted by molar-refractivity contribution is -0.195. The summed E-state index contributed by atoms with van der Waals surface area (Å²) >= 11 is 0. The maximum absolute atomic E-state index is 12.2. The Bertz CT molecular complexity index is 624. The molecule has 26 heavy (non-hydrogen) atoms. The summed E-state index contributed by atoms with van der Waals surface area (Å²) in [6.07, 6.45) is 7.67. The molecule has 0 radical (unpaired) electrons. The molecule has 7 unspecified atom stereocenters. The Kier molecular flexibility index (Phi) is 5.00. The first-order chi connectivity index (χ1) is 12.1. The third-order valence-corrected chi connectivity index (χ3v) is 8.17. The average Bonchev–Trinajstić information content (AvgIpc) is 2.55. The summed E-state index contributed by atoms with van der Waals surface area (Å²) in [6.45, 7) is 10.1. The lowest BCUT2D eigenvalue weighted by Crippen LogP contribution is -2.60. The van der Waals surface area contributed by atoms with Crippen LogP contribution in [0.4, 0.5) is 0 Å². The third kappa shape index (κ3) is 2.80. The van der Waals surface area contributed by atoms with E-state index in [0.717, 1.165) is 32.1 Å². The first-order valence-electron chi connectivity index (χ1n) is 10.2. The topological polar surface area (TPSA) is 63.6 Å². The van der Waals surface area contributed by atoms with E-state index in [1.807, 2.05) is 6.92 Å². The fraction of sp³-hybridized carbons (Fsp3) is 0.818. The van der Waals surface area contributed by atoms with Gasteiger partial charge in [-0.15, -0.1) is 0 Å². The van der Waals surface area contributed by atoms with Gasteiger partial charge < -0.3 is 9.84 Å². The number of carbonyl (C=O) groups is 2. The molecule has 1 N–H and O–H groups in total. The SMILES string of the molecule is CCC1C(C)=CCC2C1C(OC(C)=O)CC1C(C)(C(=O)O)CCCC21C. The average molecular weight is 363 g/mol. The lowest BCUT2D eigenvalue weighted by Gasteiger charge is -2.62. The Morgan fingerprint density at radius 3 is 2.58 bits per heavy atom. The molecule has 0 aliphatic heterocycles.